The number of aliphatic hydroxyl groups is 2. The molecule has 2 aromatic rings. The van der Waals surface area contributed by atoms with E-state index in [1.807, 2.05) is 25.1 Å². The Morgan fingerprint density at radius 1 is 1.26 bits per heavy atom. The van der Waals surface area contributed by atoms with Gasteiger partial charge < -0.3 is 25.7 Å². The maximum atomic E-state index is 13.1. The third-order valence-corrected chi connectivity index (χ3v) is 9.57. The molecule has 2 aliphatic rings. The Morgan fingerprint density at radius 2 is 2.00 bits per heavy atom. The topological polar surface area (TPSA) is 98.9 Å². The summed E-state index contributed by atoms with van der Waals surface area (Å²) < 4.78 is 0. The fourth-order valence-corrected chi connectivity index (χ4v) is 7.27. The highest BCUT2D eigenvalue weighted by Gasteiger charge is 2.59. The summed E-state index contributed by atoms with van der Waals surface area (Å²) in [6.45, 7) is 6.41. The van der Waals surface area contributed by atoms with Crippen molar-refractivity contribution in [3.8, 4) is 0 Å². The molecule has 0 bridgehead atoms. The first kappa shape index (κ1) is 26.1. The lowest BCUT2D eigenvalue weighted by Gasteiger charge is -2.58. The van der Waals surface area contributed by atoms with Crippen LogP contribution in [0, 0.1) is 16.7 Å². The van der Waals surface area contributed by atoms with Gasteiger partial charge in [0.05, 0.1) is 45.6 Å². The summed E-state index contributed by atoms with van der Waals surface area (Å²) in [5.74, 6) is 0.0697. The van der Waals surface area contributed by atoms with Gasteiger partial charge in [-0.25, -0.2) is 4.98 Å². The van der Waals surface area contributed by atoms with Crippen LogP contribution in [0.3, 0.4) is 0 Å². The van der Waals surface area contributed by atoms with E-state index < -0.39 is 11.5 Å². The average molecular weight is 502 g/mol. The zero-order valence-corrected chi connectivity index (χ0v) is 22.3. The minimum absolute atomic E-state index is 0.0488. The van der Waals surface area contributed by atoms with Gasteiger partial charge in [-0.05, 0) is 36.2 Å². The molecule has 7 nitrogen and oxygen atoms in total. The lowest BCUT2D eigenvalue weighted by molar-refractivity contribution is -0.856. The van der Waals surface area contributed by atoms with Crippen molar-refractivity contribution in [3.63, 3.8) is 0 Å². The van der Waals surface area contributed by atoms with E-state index in [2.05, 4.69) is 43.8 Å². The Morgan fingerprint density at radius 3 is 2.69 bits per heavy atom. The van der Waals surface area contributed by atoms with Gasteiger partial charge in [0.2, 0.25) is 5.91 Å². The molecule has 1 amide bonds. The Hall–Kier alpha value is -2.00. The van der Waals surface area contributed by atoms with E-state index in [1.54, 1.807) is 11.3 Å². The number of anilines is 1. The Bertz CT molecular complexity index is 1010. The molecule has 0 saturated heterocycles. The fraction of sp³-hybridized carbons (Fsp3) is 0.630. The van der Waals surface area contributed by atoms with E-state index in [9.17, 15) is 15.0 Å². The molecule has 1 heterocycles. The summed E-state index contributed by atoms with van der Waals surface area (Å²) in [4.78, 5) is 20.6. The zero-order valence-electron chi connectivity index (χ0n) is 21.4. The van der Waals surface area contributed by atoms with E-state index >= 15 is 0 Å². The van der Waals surface area contributed by atoms with Crippen molar-refractivity contribution in [1.29, 1.82) is 0 Å². The normalized spacial score (nSPS) is 30.0. The lowest BCUT2D eigenvalue weighted by Crippen LogP contribution is -3.06. The first-order valence-corrected chi connectivity index (χ1v) is 13.6. The van der Waals surface area contributed by atoms with Crippen LogP contribution in [0.5, 0.6) is 0 Å². The number of rotatable bonds is 9. The average Bonchev–Trinajstić information content (AvgIpc) is 3.25. The van der Waals surface area contributed by atoms with Crippen LogP contribution in [-0.4, -0.2) is 61.0 Å². The van der Waals surface area contributed by atoms with Crippen molar-refractivity contribution >= 4 is 22.4 Å². The van der Waals surface area contributed by atoms with Crippen LogP contribution in [0.1, 0.15) is 55.2 Å². The van der Waals surface area contributed by atoms with E-state index in [0.29, 0.717) is 25.9 Å². The van der Waals surface area contributed by atoms with E-state index in [-0.39, 0.29) is 29.8 Å². The van der Waals surface area contributed by atoms with Crippen LogP contribution in [-0.2, 0) is 17.8 Å². The molecule has 4 rings (SSSR count). The Balaban J connectivity index is 1.63. The number of hydrogen-bond acceptors (Lipinski definition) is 6. The molecule has 1 aromatic carbocycles. The van der Waals surface area contributed by atoms with Crippen molar-refractivity contribution in [2.24, 2.45) is 16.7 Å². The SMILES string of the molecule is C[NH+](C)CCNC(=O)C[C@@H]1c2nc(NCc3ccccc3)sc2C[C@@H]2[C@](C)(CO)[C@H](O)CC[C@]21C. The first-order valence-electron chi connectivity index (χ1n) is 12.8. The molecular weight excluding hydrogens is 460 g/mol. The van der Waals surface area contributed by atoms with Gasteiger partial charge in [-0.2, -0.15) is 0 Å². The highest BCUT2D eigenvalue weighted by molar-refractivity contribution is 7.15. The molecule has 0 aliphatic heterocycles. The zero-order chi connectivity index (χ0) is 25.2. The Labute approximate surface area is 213 Å². The number of hydrogen-bond donors (Lipinski definition) is 5. The monoisotopic (exact) mass is 501 g/mol. The minimum atomic E-state index is -0.602. The van der Waals surface area contributed by atoms with E-state index in [1.165, 1.54) is 15.3 Å². The maximum Gasteiger partial charge on any atom is 0.220 e. The number of amides is 1. The predicted molar refractivity (Wildman–Crippen MR) is 140 cm³/mol. The number of benzene rings is 1. The number of likely N-dealkylation sites (N-methyl/N-ethyl adjacent to an activating group) is 1. The van der Waals surface area contributed by atoms with Gasteiger partial charge in [-0.15, -0.1) is 11.3 Å². The number of nitrogens with one attached hydrogen (secondary N) is 3. The molecule has 0 spiro atoms. The molecule has 2 aliphatic carbocycles. The third kappa shape index (κ3) is 5.26. The number of carbonyl (C=O) groups is 1. The second-order valence-electron chi connectivity index (χ2n) is 11.2. The highest BCUT2D eigenvalue weighted by atomic mass is 32.1. The van der Waals surface area contributed by atoms with Crippen LogP contribution in [0.4, 0.5) is 5.13 Å². The summed E-state index contributed by atoms with van der Waals surface area (Å²) in [5, 5.41) is 28.8. The largest absolute Gasteiger partial charge is 0.396 e. The summed E-state index contributed by atoms with van der Waals surface area (Å²) in [6, 6.07) is 10.3. The summed E-state index contributed by atoms with van der Waals surface area (Å²) in [6.07, 6.45) is 2.05. The van der Waals surface area contributed by atoms with Crippen LogP contribution in [0.2, 0.25) is 0 Å². The number of carbonyl (C=O) groups excluding carboxylic acids is 1. The molecule has 1 aromatic heterocycles. The molecule has 35 heavy (non-hydrogen) atoms. The smallest absolute Gasteiger partial charge is 0.220 e. The number of thiazole rings is 1. The molecule has 8 heteroatoms. The van der Waals surface area contributed by atoms with Crippen LogP contribution in [0.15, 0.2) is 30.3 Å². The standard InChI is InChI=1S/C27H40N4O3S/c1-26-11-10-22(33)27(2,17-32)21(26)15-20-24(19(26)14-23(34)28-12-13-31(3)4)30-25(35-20)29-16-18-8-6-5-7-9-18/h5-9,19,21-22,32-33H,10-17H2,1-4H3,(H,28,34)(H,29,30)/p+1/t19-,21+,22-,26+,27+/m1/s1. The first-order chi connectivity index (χ1) is 16.7. The van der Waals surface area contributed by atoms with Gasteiger partial charge in [-0.3, -0.25) is 4.79 Å². The van der Waals surface area contributed by atoms with Crippen molar-refractivity contribution < 1.29 is 19.9 Å². The number of aromatic nitrogens is 1. The predicted octanol–water partition coefficient (Wildman–Crippen LogP) is 1.82. The van der Waals surface area contributed by atoms with Gasteiger partial charge in [0.15, 0.2) is 5.13 Å². The second kappa shape index (κ2) is 10.5. The molecule has 0 radical (unpaired) electrons. The van der Waals surface area contributed by atoms with Gasteiger partial charge in [-0.1, -0.05) is 44.2 Å². The molecule has 1 saturated carbocycles. The second-order valence-corrected chi connectivity index (χ2v) is 12.3. The molecule has 5 atom stereocenters. The third-order valence-electron chi connectivity index (χ3n) is 8.52. The van der Waals surface area contributed by atoms with Crippen LogP contribution < -0.4 is 15.5 Å². The van der Waals surface area contributed by atoms with Crippen molar-refractivity contribution in [2.75, 3.05) is 39.1 Å². The highest BCUT2D eigenvalue weighted by Crippen LogP contribution is 2.62. The molecule has 0 unspecified atom stereocenters. The quantitative estimate of drug-likeness (QED) is 0.361. The molecule has 1 fully saturated rings. The fourth-order valence-electron chi connectivity index (χ4n) is 6.20. The maximum absolute atomic E-state index is 13.1. The summed E-state index contributed by atoms with van der Waals surface area (Å²) >= 11 is 1.65. The van der Waals surface area contributed by atoms with Crippen LogP contribution in [0.25, 0.3) is 0 Å². The number of fused-ring (bicyclic) bond motifs is 2. The van der Waals surface area contributed by atoms with E-state index in [0.717, 1.165) is 30.2 Å². The number of aliphatic hydroxyl groups excluding tert-OH is 2. The van der Waals surface area contributed by atoms with Crippen LogP contribution >= 0.6 is 11.3 Å². The minimum Gasteiger partial charge on any atom is -0.396 e. The van der Waals surface area contributed by atoms with Gasteiger partial charge in [0, 0.05) is 29.2 Å². The van der Waals surface area contributed by atoms with Crippen molar-refractivity contribution in [3.05, 3.63) is 46.5 Å². The summed E-state index contributed by atoms with van der Waals surface area (Å²) in [5.41, 5.74) is 1.39. The van der Waals surface area contributed by atoms with Crippen molar-refractivity contribution in [2.45, 2.75) is 58.1 Å². The van der Waals surface area contributed by atoms with Crippen molar-refractivity contribution in [1.82, 2.24) is 10.3 Å². The number of quaternary nitrogens is 1. The summed E-state index contributed by atoms with van der Waals surface area (Å²) in [7, 11) is 4.15. The molecule has 5 N–H and O–H groups in total. The van der Waals surface area contributed by atoms with Gasteiger partial charge >= 0.3 is 0 Å². The van der Waals surface area contributed by atoms with Gasteiger partial charge in [0.25, 0.3) is 0 Å². The molecule has 192 valence electrons. The van der Waals surface area contributed by atoms with Gasteiger partial charge in [0.1, 0.15) is 0 Å². The Kier molecular flexibility index (Phi) is 7.86. The van der Waals surface area contributed by atoms with E-state index in [4.69, 9.17) is 4.98 Å². The lowest BCUT2D eigenvalue weighted by atomic mass is 9.47. The molecular formula is C27H41N4O3S+. The number of nitrogens with zero attached hydrogens (tertiary/aromatic N) is 1.